The third kappa shape index (κ3) is 8.90. The Morgan fingerprint density at radius 2 is 1.41 bits per heavy atom. The Bertz CT molecular complexity index is 2060. The fourth-order valence-corrected chi connectivity index (χ4v) is 13.7. The van der Waals surface area contributed by atoms with Crippen LogP contribution in [-0.4, -0.2) is 43.8 Å². The van der Waals surface area contributed by atoms with E-state index in [2.05, 4.69) is 41.5 Å². The van der Waals surface area contributed by atoms with Crippen molar-refractivity contribution in [1.82, 2.24) is 4.98 Å². The van der Waals surface area contributed by atoms with Crippen LogP contribution < -0.4 is 10.4 Å². The molecule has 0 spiro atoms. The van der Waals surface area contributed by atoms with Gasteiger partial charge in [0.15, 0.2) is 0 Å². The quantitative estimate of drug-likeness (QED) is 0.0844. The molecule has 54 heavy (non-hydrogen) atoms. The molecular formula is C45H51FNO5PSi. The topological polar surface area (TPSA) is 85.7 Å². The van der Waals surface area contributed by atoms with Crippen LogP contribution in [0.5, 0.6) is 0 Å². The van der Waals surface area contributed by atoms with Crippen LogP contribution in [0.25, 0.3) is 28.5 Å². The summed E-state index contributed by atoms with van der Waals surface area (Å²) in [7, 11) is -5.52. The molecule has 6 nitrogen and oxygen atoms in total. The molecule has 1 N–H and O–H groups in total. The first-order valence-corrected chi connectivity index (χ1v) is 22.2. The minimum absolute atomic E-state index is 0.0302. The second-order valence-corrected chi connectivity index (χ2v) is 21.6. The number of benzene rings is 4. The van der Waals surface area contributed by atoms with Crippen LogP contribution >= 0.6 is 7.37 Å². The first kappa shape index (κ1) is 40.7. The van der Waals surface area contributed by atoms with E-state index in [1.54, 1.807) is 24.0 Å². The van der Waals surface area contributed by atoms with Crippen LogP contribution in [0, 0.1) is 5.82 Å². The van der Waals surface area contributed by atoms with E-state index in [1.807, 2.05) is 91.0 Å². The van der Waals surface area contributed by atoms with Crippen molar-refractivity contribution in [3.8, 4) is 22.4 Å². The summed E-state index contributed by atoms with van der Waals surface area (Å²) in [4.78, 5) is 17.7. The molecule has 1 aromatic heterocycles. The molecule has 0 aliphatic carbocycles. The van der Waals surface area contributed by atoms with Gasteiger partial charge in [0, 0.05) is 24.1 Å². The van der Waals surface area contributed by atoms with Crippen molar-refractivity contribution >= 4 is 38.1 Å². The molecule has 1 unspecified atom stereocenters. The number of pyridine rings is 1. The van der Waals surface area contributed by atoms with Gasteiger partial charge in [-0.3, -0.25) is 14.3 Å². The Morgan fingerprint density at radius 1 is 0.870 bits per heavy atom. The summed E-state index contributed by atoms with van der Waals surface area (Å²) in [5.74, 6) is 0.147. The molecule has 5 rings (SSSR count). The van der Waals surface area contributed by atoms with E-state index in [9.17, 15) is 18.9 Å². The molecule has 282 valence electrons. The highest BCUT2D eigenvalue weighted by Gasteiger charge is 2.52. The van der Waals surface area contributed by atoms with Gasteiger partial charge in [-0.15, -0.1) is 0 Å². The van der Waals surface area contributed by atoms with E-state index < -0.39 is 32.8 Å². The third-order valence-electron chi connectivity index (χ3n) is 9.84. The lowest BCUT2D eigenvalue weighted by Crippen LogP contribution is -2.68. The summed E-state index contributed by atoms with van der Waals surface area (Å²) < 4.78 is 42.3. The summed E-state index contributed by atoms with van der Waals surface area (Å²) in [5, 5.41) is 11.8. The van der Waals surface area contributed by atoms with Crippen LogP contribution in [0.2, 0.25) is 5.04 Å². The number of nitrogens with zero attached hydrogens (tertiary/aromatic N) is 1. The minimum atomic E-state index is -3.70. The summed E-state index contributed by atoms with van der Waals surface area (Å²) in [6.45, 7) is 12.5. The number of rotatable bonds is 15. The lowest BCUT2D eigenvalue weighted by molar-refractivity contribution is -0.138. The maximum Gasteiger partial charge on any atom is 0.305 e. The van der Waals surface area contributed by atoms with Crippen molar-refractivity contribution in [3.63, 3.8) is 0 Å². The van der Waals surface area contributed by atoms with Gasteiger partial charge < -0.3 is 14.1 Å². The second kappa shape index (κ2) is 17.3. The van der Waals surface area contributed by atoms with Crippen molar-refractivity contribution in [1.29, 1.82) is 0 Å². The number of carbonyl (C=O) groups is 1. The highest BCUT2D eigenvalue weighted by molar-refractivity contribution is 7.62. The molecule has 0 fully saturated rings. The van der Waals surface area contributed by atoms with Gasteiger partial charge in [-0.25, -0.2) is 4.39 Å². The molecule has 0 saturated heterocycles. The molecule has 0 amide bonds. The van der Waals surface area contributed by atoms with Crippen LogP contribution in [0.1, 0.15) is 70.7 Å². The molecule has 0 radical (unpaired) electrons. The van der Waals surface area contributed by atoms with Gasteiger partial charge in [0.2, 0.25) is 7.37 Å². The summed E-state index contributed by atoms with van der Waals surface area (Å²) >= 11 is 0. The number of carboxylic acids is 1. The summed E-state index contributed by atoms with van der Waals surface area (Å²) in [6.07, 6.45) is 0.973. The average Bonchev–Trinajstić information content (AvgIpc) is 3.16. The van der Waals surface area contributed by atoms with Gasteiger partial charge >= 0.3 is 5.97 Å². The number of hydrogen-bond acceptors (Lipinski definition) is 5. The third-order valence-corrected chi connectivity index (χ3v) is 17.1. The Balaban J connectivity index is 1.67. The fourth-order valence-electron chi connectivity index (χ4n) is 7.34. The highest BCUT2D eigenvalue weighted by Crippen LogP contribution is 2.51. The standard InChI is InChI=1S/C45H51FNO5PSi/c1-8-39-42(33-24-26-35(46)27-25-33)40(43(32(2)3)47-44(39)34-18-12-9-13-19-34)28-29-53(50,51-7)31-36(30-41(48)49)52-54(45(4,5)6,37-20-14-10-15-21-37)38-22-16-11-17-23-38/h9-29,32,36H,8,30-31H2,1-7H3,(H,48,49)/t36-,53?/m0/s1. The van der Waals surface area contributed by atoms with Crippen LogP contribution in [-0.2, 0) is 24.7 Å². The van der Waals surface area contributed by atoms with Crippen LogP contribution in [0.3, 0.4) is 0 Å². The van der Waals surface area contributed by atoms with E-state index in [0.717, 1.165) is 49.6 Å². The number of hydrogen-bond donors (Lipinski definition) is 1. The second-order valence-electron chi connectivity index (χ2n) is 14.9. The minimum Gasteiger partial charge on any atom is -0.481 e. The van der Waals surface area contributed by atoms with E-state index in [4.69, 9.17) is 13.9 Å². The Kier molecular flexibility index (Phi) is 13.1. The van der Waals surface area contributed by atoms with Crippen molar-refractivity contribution in [3.05, 3.63) is 144 Å². The summed E-state index contributed by atoms with van der Waals surface area (Å²) in [6, 6.07) is 36.3. The Hall–Kier alpha value is -4.46. The molecule has 9 heteroatoms. The van der Waals surface area contributed by atoms with Gasteiger partial charge in [-0.05, 0) is 62.6 Å². The number of aromatic nitrogens is 1. The molecule has 1 heterocycles. The van der Waals surface area contributed by atoms with Gasteiger partial charge in [0.25, 0.3) is 8.32 Å². The molecular weight excluding hydrogens is 713 g/mol. The molecule has 2 atom stereocenters. The zero-order chi connectivity index (χ0) is 39.1. The Labute approximate surface area is 320 Å². The van der Waals surface area contributed by atoms with E-state index >= 15 is 0 Å². The lowest BCUT2D eigenvalue weighted by atomic mass is 9.87. The van der Waals surface area contributed by atoms with E-state index in [0.29, 0.717) is 6.42 Å². The normalized spacial score (nSPS) is 13.9. The first-order chi connectivity index (χ1) is 25.7. The van der Waals surface area contributed by atoms with Crippen molar-refractivity contribution < 1.29 is 27.8 Å². The number of halogens is 1. The number of carboxylic acid groups (broad SMARTS) is 1. The SMILES string of the molecule is CCc1c(-c2ccccc2)nc(C(C)C)c(C=CP(=O)(C[C@H](CC(=O)O)O[Si](c2ccccc2)(c2ccccc2)C(C)(C)C)OC)c1-c1ccc(F)cc1. The highest BCUT2D eigenvalue weighted by atomic mass is 31.2. The maximum atomic E-state index is 14.9. The van der Waals surface area contributed by atoms with E-state index in [1.165, 1.54) is 19.2 Å². The van der Waals surface area contributed by atoms with Gasteiger partial charge in [-0.2, -0.15) is 0 Å². The fraction of sp³-hybridized carbons (Fsp3) is 0.289. The largest absolute Gasteiger partial charge is 0.481 e. The Morgan fingerprint density at radius 3 is 1.87 bits per heavy atom. The summed E-state index contributed by atoms with van der Waals surface area (Å²) in [5.41, 5.74) is 6.01. The van der Waals surface area contributed by atoms with Crippen molar-refractivity contribution in [2.75, 3.05) is 13.3 Å². The van der Waals surface area contributed by atoms with Crippen molar-refractivity contribution in [2.24, 2.45) is 0 Å². The zero-order valence-electron chi connectivity index (χ0n) is 32.3. The van der Waals surface area contributed by atoms with Gasteiger partial charge in [0.1, 0.15) is 5.82 Å². The lowest BCUT2D eigenvalue weighted by Gasteiger charge is -2.45. The molecule has 4 aromatic carbocycles. The zero-order valence-corrected chi connectivity index (χ0v) is 34.1. The van der Waals surface area contributed by atoms with Crippen molar-refractivity contribution in [2.45, 2.75) is 71.4 Å². The molecule has 0 aliphatic heterocycles. The predicted octanol–water partition coefficient (Wildman–Crippen LogP) is 10.6. The smallest absolute Gasteiger partial charge is 0.305 e. The monoisotopic (exact) mass is 763 g/mol. The predicted molar refractivity (Wildman–Crippen MR) is 222 cm³/mol. The maximum absolute atomic E-state index is 14.9. The molecule has 5 aromatic rings. The van der Waals surface area contributed by atoms with Crippen LogP contribution in [0.4, 0.5) is 4.39 Å². The van der Waals surface area contributed by atoms with Gasteiger partial charge in [-0.1, -0.05) is 145 Å². The average molecular weight is 764 g/mol. The molecule has 0 aliphatic rings. The first-order valence-electron chi connectivity index (χ1n) is 18.5. The molecule has 0 saturated carbocycles. The van der Waals surface area contributed by atoms with E-state index in [-0.39, 0.29) is 24.3 Å². The van der Waals surface area contributed by atoms with Crippen LogP contribution in [0.15, 0.2) is 121 Å². The number of aliphatic carboxylic acids is 1. The molecule has 0 bridgehead atoms. The van der Waals surface area contributed by atoms with Gasteiger partial charge in [0.05, 0.1) is 30.1 Å².